The summed E-state index contributed by atoms with van der Waals surface area (Å²) in [6, 6.07) is 15.9. The number of hydrogen-bond donors (Lipinski definition) is 1. The van der Waals surface area contributed by atoms with Gasteiger partial charge in [0.25, 0.3) is 0 Å². The average Bonchev–Trinajstić information content (AvgIpc) is 3.21. The fraction of sp³-hybridized carbons (Fsp3) is 0.364. The van der Waals surface area contributed by atoms with Gasteiger partial charge in [-0.05, 0) is 42.5 Å². The lowest BCUT2D eigenvalue weighted by Gasteiger charge is -2.33. The number of nitrogens with one attached hydrogen (secondary N) is 1. The van der Waals surface area contributed by atoms with Gasteiger partial charge in [0.1, 0.15) is 11.9 Å². The summed E-state index contributed by atoms with van der Waals surface area (Å²) in [6.07, 6.45) is 2.47. The van der Waals surface area contributed by atoms with Gasteiger partial charge in [0.2, 0.25) is 11.8 Å². The first-order valence-corrected chi connectivity index (χ1v) is 10.7. The van der Waals surface area contributed by atoms with Crippen LogP contribution in [0.15, 0.2) is 54.6 Å². The van der Waals surface area contributed by atoms with Crippen molar-refractivity contribution in [2.45, 2.75) is 36.6 Å². The van der Waals surface area contributed by atoms with Gasteiger partial charge in [0, 0.05) is 12.3 Å². The second-order valence-electron chi connectivity index (χ2n) is 7.31. The van der Waals surface area contributed by atoms with Crippen molar-refractivity contribution in [3.8, 4) is 0 Å². The second-order valence-corrected chi connectivity index (χ2v) is 8.55. The van der Waals surface area contributed by atoms with Crippen LogP contribution in [0.2, 0.25) is 0 Å². The number of nitrogens with zero attached hydrogens (tertiary/aromatic N) is 1. The first kappa shape index (κ1) is 19.0. The first-order valence-electron chi connectivity index (χ1n) is 9.63. The van der Waals surface area contributed by atoms with Gasteiger partial charge < -0.3 is 10.2 Å². The van der Waals surface area contributed by atoms with Crippen molar-refractivity contribution in [3.05, 3.63) is 71.5 Å². The van der Waals surface area contributed by atoms with Gasteiger partial charge in [0.15, 0.2) is 0 Å². The van der Waals surface area contributed by atoms with Crippen molar-refractivity contribution >= 4 is 23.6 Å². The summed E-state index contributed by atoms with van der Waals surface area (Å²) in [5.74, 6) is 0.171. The number of amides is 2. The number of hydrogen-bond acceptors (Lipinski definition) is 3. The quantitative estimate of drug-likeness (QED) is 0.860. The summed E-state index contributed by atoms with van der Waals surface area (Å²) in [5, 5.41) is 2.67. The SMILES string of the molecule is O=C1N[C@H](C(=O)N2CCC[C@@H]2c2ccccc2)CS[C@@H]1Cc1ccc(F)cc1. The zero-order valence-electron chi connectivity index (χ0n) is 15.5. The Morgan fingerprint density at radius 1 is 1.14 bits per heavy atom. The Morgan fingerprint density at radius 3 is 2.61 bits per heavy atom. The predicted molar refractivity (Wildman–Crippen MR) is 108 cm³/mol. The molecule has 2 saturated heterocycles. The smallest absolute Gasteiger partial charge is 0.246 e. The van der Waals surface area contributed by atoms with Crippen molar-refractivity contribution in [1.82, 2.24) is 10.2 Å². The minimum Gasteiger partial charge on any atom is -0.343 e. The van der Waals surface area contributed by atoms with E-state index in [1.54, 1.807) is 12.1 Å². The molecule has 2 amide bonds. The molecule has 0 unspecified atom stereocenters. The third-order valence-corrected chi connectivity index (χ3v) is 6.73. The Hall–Kier alpha value is -2.34. The normalized spacial score (nSPS) is 24.8. The van der Waals surface area contributed by atoms with E-state index >= 15 is 0 Å². The summed E-state index contributed by atoms with van der Waals surface area (Å²) in [4.78, 5) is 27.6. The van der Waals surface area contributed by atoms with Gasteiger partial charge in [-0.1, -0.05) is 42.5 Å². The van der Waals surface area contributed by atoms with Crippen molar-refractivity contribution < 1.29 is 14.0 Å². The fourth-order valence-corrected chi connectivity index (χ4v) is 5.15. The summed E-state index contributed by atoms with van der Waals surface area (Å²) in [7, 11) is 0. The zero-order chi connectivity index (χ0) is 19.5. The molecule has 0 bridgehead atoms. The van der Waals surface area contributed by atoms with Crippen LogP contribution in [0.1, 0.15) is 30.0 Å². The Labute approximate surface area is 168 Å². The van der Waals surface area contributed by atoms with Crippen LogP contribution in [0.5, 0.6) is 0 Å². The molecule has 2 aromatic rings. The maximum absolute atomic E-state index is 13.1. The van der Waals surface area contributed by atoms with E-state index in [1.807, 2.05) is 23.1 Å². The molecule has 3 atom stereocenters. The van der Waals surface area contributed by atoms with Gasteiger partial charge >= 0.3 is 0 Å². The number of carbonyl (C=O) groups excluding carboxylic acids is 2. The summed E-state index contributed by atoms with van der Waals surface area (Å²) >= 11 is 1.51. The molecule has 0 saturated carbocycles. The molecular formula is C22H23FN2O2S. The molecule has 0 aromatic heterocycles. The van der Waals surface area contributed by atoms with Gasteiger partial charge in [-0.2, -0.15) is 0 Å². The van der Waals surface area contributed by atoms with Crippen LogP contribution in [-0.4, -0.2) is 40.3 Å². The van der Waals surface area contributed by atoms with E-state index in [-0.39, 0.29) is 28.9 Å². The van der Waals surface area contributed by atoms with E-state index in [1.165, 1.54) is 23.9 Å². The minimum atomic E-state index is -0.480. The topological polar surface area (TPSA) is 49.4 Å². The number of likely N-dealkylation sites (tertiary alicyclic amines) is 1. The molecule has 4 nitrogen and oxygen atoms in total. The molecule has 2 aliphatic rings. The molecule has 2 fully saturated rings. The maximum Gasteiger partial charge on any atom is 0.246 e. The van der Waals surface area contributed by atoms with Crippen LogP contribution in [0.25, 0.3) is 0 Å². The first-order chi connectivity index (χ1) is 13.6. The molecule has 2 heterocycles. The Kier molecular flexibility index (Phi) is 5.67. The highest BCUT2D eigenvalue weighted by atomic mass is 32.2. The van der Waals surface area contributed by atoms with Gasteiger partial charge in [0.05, 0.1) is 11.3 Å². The zero-order valence-corrected chi connectivity index (χ0v) is 16.3. The molecule has 2 aromatic carbocycles. The van der Waals surface area contributed by atoms with Crippen molar-refractivity contribution in [2.24, 2.45) is 0 Å². The molecule has 6 heteroatoms. The van der Waals surface area contributed by atoms with E-state index < -0.39 is 6.04 Å². The van der Waals surface area contributed by atoms with Crippen LogP contribution in [0.4, 0.5) is 4.39 Å². The Balaban J connectivity index is 1.39. The highest BCUT2D eigenvalue weighted by Gasteiger charge is 2.38. The highest BCUT2D eigenvalue weighted by molar-refractivity contribution is 8.00. The molecule has 146 valence electrons. The number of rotatable bonds is 4. The molecule has 4 rings (SSSR count). The summed E-state index contributed by atoms with van der Waals surface area (Å²) in [6.45, 7) is 0.731. The fourth-order valence-electron chi connectivity index (χ4n) is 3.97. The number of halogens is 1. The molecule has 0 aliphatic carbocycles. The van der Waals surface area contributed by atoms with Gasteiger partial charge in [-0.25, -0.2) is 4.39 Å². The van der Waals surface area contributed by atoms with E-state index in [0.29, 0.717) is 12.2 Å². The van der Waals surface area contributed by atoms with Crippen molar-refractivity contribution in [2.75, 3.05) is 12.3 Å². The predicted octanol–water partition coefficient (Wildman–Crippen LogP) is 3.33. The van der Waals surface area contributed by atoms with Crippen LogP contribution < -0.4 is 5.32 Å². The molecule has 1 N–H and O–H groups in total. The standard InChI is InChI=1S/C22H23FN2O2S/c23-17-10-8-15(9-11-17)13-20-21(26)24-18(14-28-20)22(27)25-12-4-7-19(25)16-5-2-1-3-6-16/h1-3,5-6,8-11,18-20H,4,7,12-14H2,(H,24,26)/t18-,19+,20+/m0/s1. The molecular weight excluding hydrogens is 375 g/mol. The van der Waals surface area contributed by atoms with Crippen LogP contribution in [0.3, 0.4) is 0 Å². The van der Waals surface area contributed by atoms with Gasteiger partial charge in [-0.15, -0.1) is 11.8 Å². The van der Waals surface area contributed by atoms with Crippen LogP contribution >= 0.6 is 11.8 Å². The van der Waals surface area contributed by atoms with E-state index in [0.717, 1.165) is 30.5 Å². The van der Waals surface area contributed by atoms with E-state index in [9.17, 15) is 14.0 Å². The lowest BCUT2D eigenvalue weighted by Crippen LogP contribution is -2.55. The van der Waals surface area contributed by atoms with Crippen LogP contribution in [-0.2, 0) is 16.0 Å². The lowest BCUT2D eigenvalue weighted by molar-refractivity contribution is -0.136. The van der Waals surface area contributed by atoms with E-state index in [4.69, 9.17) is 0 Å². The molecule has 0 spiro atoms. The largest absolute Gasteiger partial charge is 0.343 e. The maximum atomic E-state index is 13.1. The highest BCUT2D eigenvalue weighted by Crippen LogP contribution is 2.33. The Bertz CT molecular complexity index is 843. The van der Waals surface area contributed by atoms with E-state index in [2.05, 4.69) is 17.4 Å². The summed E-state index contributed by atoms with van der Waals surface area (Å²) < 4.78 is 13.1. The number of benzene rings is 2. The second kappa shape index (κ2) is 8.35. The van der Waals surface area contributed by atoms with Crippen molar-refractivity contribution in [3.63, 3.8) is 0 Å². The summed E-state index contributed by atoms with van der Waals surface area (Å²) in [5.41, 5.74) is 2.07. The monoisotopic (exact) mass is 398 g/mol. The van der Waals surface area contributed by atoms with Crippen molar-refractivity contribution in [1.29, 1.82) is 0 Å². The number of carbonyl (C=O) groups is 2. The minimum absolute atomic E-state index is 0.00688. The molecule has 0 radical (unpaired) electrons. The third-order valence-electron chi connectivity index (χ3n) is 5.43. The Morgan fingerprint density at radius 2 is 1.89 bits per heavy atom. The molecule has 2 aliphatic heterocycles. The third kappa shape index (κ3) is 4.07. The number of thioether (sulfide) groups is 1. The average molecular weight is 399 g/mol. The molecule has 28 heavy (non-hydrogen) atoms. The van der Waals surface area contributed by atoms with Gasteiger partial charge in [-0.3, -0.25) is 9.59 Å². The lowest BCUT2D eigenvalue weighted by atomic mass is 10.0. The van der Waals surface area contributed by atoms with Crippen LogP contribution in [0, 0.1) is 5.82 Å².